The fourth-order valence-corrected chi connectivity index (χ4v) is 3.69. The summed E-state index contributed by atoms with van der Waals surface area (Å²) < 4.78 is 16.3. The smallest absolute Gasteiger partial charge is 0.207 e. The Morgan fingerprint density at radius 1 is 1.08 bits per heavy atom. The van der Waals surface area contributed by atoms with E-state index in [2.05, 4.69) is 9.47 Å². The first-order chi connectivity index (χ1) is 12.3. The molecule has 0 saturated carbocycles. The summed E-state index contributed by atoms with van der Waals surface area (Å²) in [5, 5.41) is 9.78. The van der Waals surface area contributed by atoms with Crippen LogP contribution >= 0.6 is 0 Å². The molecule has 130 valence electrons. The molecule has 1 aliphatic heterocycles. The summed E-state index contributed by atoms with van der Waals surface area (Å²) >= 11 is 0. The van der Waals surface area contributed by atoms with Gasteiger partial charge in [-0.1, -0.05) is 30.3 Å². The minimum absolute atomic E-state index is 0.0740. The third kappa shape index (κ3) is 3.00. The van der Waals surface area contributed by atoms with Crippen molar-refractivity contribution in [2.24, 2.45) is 0 Å². The normalized spacial score (nSPS) is 18.0. The second-order valence-electron chi connectivity index (χ2n) is 6.60. The summed E-state index contributed by atoms with van der Waals surface area (Å²) in [5.74, 6) is 0.617. The van der Waals surface area contributed by atoms with Crippen LogP contribution in [0.5, 0.6) is 0 Å². The van der Waals surface area contributed by atoms with Gasteiger partial charge < -0.3 is 14.6 Å². The zero-order valence-electron chi connectivity index (χ0n) is 14.1. The lowest BCUT2D eigenvalue weighted by atomic mass is 10.0. The number of hydrogen-bond acceptors (Lipinski definition) is 3. The monoisotopic (exact) mass is 339 g/mol. The number of benzene rings is 2. The Kier molecular flexibility index (Phi) is 4.40. The van der Waals surface area contributed by atoms with Gasteiger partial charge in [0.05, 0.1) is 30.2 Å². The van der Waals surface area contributed by atoms with Crippen molar-refractivity contribution < 1.29 is 9.50 Å². The maximum Gasteiger partial charge on any atom is 0.207 e. The Morgan fingerprint density at radius 3 is 2.72 bits per heavy atom. The summed E-state index contributed by atoms with van der Waals surface area (Å²) in [7, 11) is 0. The molecule has 25 heavy (non-hydrogen) atoms. The summed E-state index contributed by atoms with van der Waals surface area (Å²) in [5.41, 5.74) is 2.53. The largest absolute Gasteiger partial charge is 0.394 e. The third-order valence-corrected chi connectivity index (χ3v) is 5.02. The molecule has 2 heterocycles. The highest BCUT2D eigenvalue weighted by molar-refractivity contribution is 5.79. The van der Waals surface area contributed by atoms with E-state index in [1.165, 1.54) is 6.07 Å². The highest BCUT2D eigenvalue weighted by Crippen LogP contribution is 2.29. The zero-order chi connectivity index (χ0) is 17.2. The van der Waals surface area contributed by atoms with E-state index in [1.807, 2.05) is 36.4 Å². The van der Waals surface area contributed by atoms with Crippen LogP contribution in [0.2, 0.25) is 0 Å². The molecule has 2 aromatic carbocycles. The van der Waals surface area contributed by atoms with Gasteiger partial charge in [-0.2, -0.15) is 0 Å². The number of halogens is 1. The van der Waals surface area contributed by atoms with Crippen molar-refractivity contribution in [2.75, 3.05) is 18.1 Å². The highest BCUT2D eigenvalue weighted by Gasteiger charge is 2.26. The molecule has 1 aromatic heterocycles. The maximum absolute atomic E-state index is 14.2. The number of aliphatic hydroxyl groups is 1. The molecule has 0 radical (unpaired) electrons. The summed E-state index contributed by atoms with van der Waals surface area (Å²) in [6.45, 7) is 1.41. The summed E-state index contributed by atoms with van der Waals surface area (Å²) in [6, 6.07) is 14.9. The number of aromatic nitrogens is 2. The molecular formula is C20H22FN3O. The molecule has 0 bridgehead atoms. The van der Waals surface area contributed by atoms with E-state index in [0.717, 1.165) is 42.8 Å². The molecule has 4 nitrogen and oxygen atoms in total. The van der Waals surface area contributed by atoms with E-state index in [4.69, 9.17) is 4.98 Å². The Bertz CT molecular complexity index is 876. The van der Waals surface area contributed by atoms with Gasteiger partial charge in [-0.25, -0.2) is 9.37 Å². The highest BCUT2D eigenvalue weighted by atomic mass is 19.1. The summed E-state index contributed by atoms with van der Waals surface area (Å²) in [6.07, 6.45) is 3.16. The van der Waals surface area contributed by atoms with Crippen LogP contribution in [0.15, 0.2) is 48.5 Å². The first kappa shape index (κ1) is 16.1. The molecule has 3 aromatic rings. The minimum Gasteiger partial charge on any atom is -0.394 e. The van der Waals surface area contributed by atoms with Crippen molar-refractivity contribution in [3.05, 3.63) is 59.9 Å². The number of piperidine rings is 1. The van der Waals surface area contributed by atoms with Crippen LogP contribution < -0.4 is 4.90 Å². The van der Waals surface area contributed by atoms with Gasteiger partial charge in [0.25, 0.3) is 0 Å². The Hall–Kier alpha value is -2.40. The van der Waals surface area contributed by atoms with Gasteiger partial charge in [-0.3, -0.25) is 0 Å². The first-order valence-electron chi connectivity index (χ1n) is 8.84. The topological polar surface area (TPSA) is 41.3 Å². The van der Waals surface area contributed by atoms with Gasteiger partial charge >= 0.3 is 0 Å². The predicted octanol–water partition coefficient (Wildman–Crippen LogP) is 3.57. The van der Waals surface area contributed by atoms with Crippen LogP contribution in [0.1, 0.15) is 24.8 Å². The van der Waals surface area contributed by atoms with Crippen molar-refractivity contribution >= 4 is 17.0 Å². The number of fused-ring (bicyclic) bond motifs is 1. The van der Waals surface area contributed by atoms with Gasteiger partial charge in [0.1, 0.15) is 5.82 Å². The van der Waals surface area contributed by atoms with Crippen LogP contribution in [0.4, 0.5) is 10.3 Å². The van der Waals surface area contributed by atoms with Crippen LogP contribution in [0.3, 0.4) is 0 Å². The SMILES string of the molecule is OC[C@@H]1CCCCN1c1nc2ccccc2n1Cc1ccccc1F. The molecule has 1 fully saturated rings. The summed E-state index contributed by atoms with van der Waals surface area (Å²) in [4.78, 5) is 7.00. The fourth-order valence-electron chi connectivity index (χ4n) is 3.69. The Labute approximate surface area is 146 Å². The van der Waals surface area contributed by atoms with E-state index in [1.54, 1.807) is 6.07 Å². The van der Waals surface area contributed by atoms with E-state index in [-0.39, 0.29) is 18.5 Å². The lowest BCUT2D eigenvalue weighted by Crippen LogP contribution is -2.43. The molecule has 1 saturated heterocycles. The maximum atomic E-state index is 14.2. The minimum atomic E-state index is -0.205. The van der Waals surface area contributed by atoms with Gasteiger partial charge in [0, 0.05) is 12.1 Å². The van der Waals surface area contributed by atoms with E-state index in [0.29, 0.717) is 12.1 Å². The molecule has 0 amide bonds. The average Bonchev–Trinajstić information content (AvgIpc) is 3.02. The van der Waals surface area contributed by atoms with Gasteiger partial charge in [-0.15, -0.1) is 0 Å². The molecule has 1 atom stereocenters. The number of aliphatic hydroxyl groups excluding tert-OH is 1. The van der Waals surface area contributed by atoms with E-state index >= 15 is 0 Å². The molecule has 0 spiro atoms. The number of anilines is 1. The average molecular weight is 339 g/mol. The predicted molar refractivity (Wildman–Crippen MR) is 97.3 cm³/mol. The van der Waals surface area contributed by atoms with Crippen LogP contribution in [0.25, 0.3) is 11.0 Å². The van der Waals surface area contributed by atoms with Crippen molar-refractivity contribution in [2.45, 2.75) is 31.8 Å². The third-order valence-electron chi connectivity index (χ3n) is 5.02. The van der Waals surface area contributed by atoms with Crippen LogP contribution in [-0.2, 0) is 6.54 Å². The molecule has 0 unspecified atom stereocenters. The van der Waals surface area contributed by atoms with Gasteiger partial charge in [-0.05, 0) is 37.5 Å². The quantitative estimate of drug-likeness (QED) is 0.790. The lowest BCUT2D eigenvalue weighted by molar-refractivity contribution is 0.238. The molecule has 4 rings (SSSR count). The second kappa shape index (κ2) is 6.84. The number of para-hydroxylation sites is 2. The first-order valence-corrected chi connectivity index (χ1v) is 8.84. The zero-order valence-corrected chi connectivity index (χ0v) is 14.1. The number of imidazole rings is 1. The Morgan fingerprint density at radius 2 is 1.88 bits per heavy atom. The number of nitrogens with zero attached hydrogens (tertiary/aromatic N) is 3. The molecule has 5 heteroatoms. The van der Waals surface area contributed by atoms with Crippen LogP contribution in [0, 0.1) is 5.82 Å². The van der Waals surface area contributed by atoms with Gasteiger partial charge in [0.15, 0.2) is 0 Å². The Balaban J connectivity index is 1.82. The molecule has 1 N–H and O–H groups in total. The van der Waals surface area contributed by atoms with Crippen molar-refractivity contribution in [1.82, 2.24) is 9.55 Å². The van der Waals surface area contributed by atoms with Crippen molar-refractivity contribution in [1.29, 1.82) is 0 Å². The van der Waals surface area contributed by atoms with Crippen molar-refractivity contribution in [3.8, 4) is 0 Å². The standard InChI is InChI=1S/C20H22FN3O/c21-17-9-2-1-7-15(17)13-24-19-11-4-3-10-18(19)22-20(24)23-12-6-5-8-16(23)14-25/h1-4,7,9-11,16,25H,5-6,8,12-14H2/t16-/m0/s1. The number of hydrogen-bond donors (Lipinski definition) is 1. The molecular weight excluding hydrogens is 317 g/mol. The van der Waals surface area contributed by atoms with Crippen LogP contribution in [-0.4, -0.2) is 33.9 Å². The van der Waals surface area contributed by atoms with Crippen molar-refractivity contribution in [3.63, 3.8) is 0 Å². The molecule has 1 aliphatic rings. The number of rotatable bonds is 4. The lowest BCUT2D eigenvalue weighted by Gasteiger charge is -2.35. The van der Waals surface area contributed by atoms with Gasteiger partial charge in [0.2, 0.25) is 5.95 Å². The molecule has 0 aliphatic carbocycles. The fraction of sp³-hybridized carbons (Fsp3) is 0.350. The van der Waals surface area contributed by atoms with E-state index in [9.17, 15) is 9.50 Å². The van der Waals surface area contributed by atoms with E-state index < -0.39 is 0 Å². The second-order valence-corrected chi connectivity index (χ2v) is 6.60.